The highest BCUT2D eigenvalue weighted by Crippen LogP contribution is 2.25. The molecule has 1 aromatic rings. The molecule has 0 heterocycles. The number of phenolic OH excluding ortho intramolecular Hbond substituents is 1. The van der Waals surface area contributed by atoms with E-state index < -0.39 is 0 Å². The molecule has 1 aromatic carbocycles. The molecule has 0 unspecified atom stereocenters. The average molecular weight is 204 g/mol. The predicted molar refractivity (Wildman–Crippen MR) is 61.6 cm³/mol. The number of phenols is 1. The Kier molecular flexibility index (Phi) is 3.30. The summed E-state index contributed by atoms with van der Waals surface area (Å²) < 4.78 is 0. The molecule has 15 heavy (non-hydrogen) atoms. The summed E-state index contributed by atoms with van der Waals surface area (Å²) >= 11 is 0. The van der Waals surface area contributed by atoms with E-state index in [1.165, 1.54) is 0 Å². The van der Waals surface area contributed by atoms with Crippen LogP contribution in [0.2, 0.25) is 0 Å². The fourth-order valence-electron chi connectivity index (χ4n) is 1.18. The number of aldehydes is 1. The Bertz CT molecular complexity index is 367. The van der Waals surface area contributed by atoms with Crippen molar-refractivity contribution in [3.05, 3.63) is 35.4 Å². The molecule has 2 heteroatoms. The van der Waals surface area contributed by atoms with Crippen LogP contribution in [0.5, 0.6) is 5.75 Å². The fraction of sp³-hybridized carbons (Fsp3) is 0.308. The molecule has 80 valence electrons. The number of hydrogen-bond donors (Lipinski definition) is 1. The van der Waals surface area contributed by atoms with Gasteiger partial charge in [-0.15, -0.1) is 0 Å². The van der Waals surface area contributed by atoms with E-state index in [2.05, 4.69) is 0 Å². The maximum atomic E-state index is 10.9. The minimum atomic E-state index is -0.153. The summed E-state index contributed by atoms with van der Waals surface area (Å²) in [5.41, 5.74) is 1.51. The number of carbonyl (C=O) groups is 1. The predicted octanol–water partition coefficient (Wildman–Crippen LogP) is 3.02. The quantitative estimate of drug-likeness (QED) is 0.594. The van der Waals surface area contributed by atoms with Gasteiger partial charge >= 0.3 is 0 Å². The first kappa shape index (κ1) is 11.5. The van der Waals surface area contributed by atoms with E-state index in [1.807, 2.05) is 26.8 Å². The van der Waals surface area contributed by atoms with Gasteiger partial charge in [0.2, 0.25) is 0 Å². The van der Waals surface area contributed by atoms with Crippen LogP contribution in [-0.2, 0) is 4.79 Å². The Labute approximate surface area is 90.3 Å². The van der Waals surface area contributed by atoms with Crippen LogP contribution in [0.3, 0.4) is 0 Å². The first-order valence-electron chi connectivity index (χ1n) is 4.90. The van der Waals surface area contributed by atoms with Gasteiger partial charge < -0.3 is 5.11 Å². The molecule has 0 aromatic heterocycles. The molecular weight excluding hydrogens is 188 g/mol. The second kappa shape index (κ2) is 4.30. The van der Waals surface area contributed by atoms with Gasteiger partial charge in [-0.1, -0.05) is 32.9 Å². The third-order valence-corrected chi connectivity index (χ3v) is 2.21. The normalized spacial score (nSPS) is 12.6. The zero-order chi connectivity index (χ0) is 11.5. The van der Waals surface area contributed by atoms with Crippen LogP contribution in [0.25, 0.3) is 6.08 Å². The topological polar surface area (TPSA) is 37.3 Å². The second-order valence-corrected chi connectivity index (χ2v) is 4.56. The van der Waals surface area contributed by atoms with Gasteiger partial charge in [0, 0.05) is 0 Å². The summed E-state index contributed by atoms with van der Waals surface area (Å²) in [6.45, 7) is 5.98. The van der Waals surface area contributed by atoms with Crippen LogP contribution in [0.1, 0.15) is 26.3 Å². The van der Waals surface area contributed by atoms with E-state index in [0.29, 0.717) is 0 Å². The summed E-state index contributed by atoms with van der Waals surface area (Å²) in [6, 6.07) is 6.78. The van der Waals surface area contributed by atoms with E-state index in [0.717, 1.165) is 17.4 Å². The van der Waals surface area contributed by atoms with E-state index in [9.17, 15) is 4.79 Å². The molecule has 0 saturated carbocycles. The summed E-state index contributed by atoms with van der Waals surface area (Å²) in [5.74, 6) is 0.232. The molecule has 0 bridgehead atoms. The van der Waals surface area contributed by atoms with Crippen molar-refractivity contribution < 1.29 is 9.90 Å². The lowest BCUT2D eigenvalue weighted by atomic mass is 9.86. The van der Waals surface area contributed by atoms with Crippen LogP contribution in [0, 0.1) is 5.41 Å². The summed E-state index contributed by atoms with van der Waals surface area (Å²) in [5, 5.41) is 9.12. The van der Waals surface area contributed by atoms with Crippen molar-refractivity contribution in [3.63, 3.8) is 0 Å². The lowest BCUT2D eigenvalue weighted by molar-refractivity contribution is -0.105. The average Bonchev–Trinajstić information content (AvgIpc) is 2.15. The molecule has 0 aliphatic heterocycles. The Hall–Kier alpha value is -1.57. The van der Waals surface area contributed by atoms with Gasteiger partial charge in [-0.2, -0.15) is 0 Å². The number of benzene rings is 1. The first-order valence-corrected chi connectivity index (χ1v) is 4.90. The minimum Gasteiger partial charge on any atom is -0.508 e. The first-order chi connectivity index (χ1) is 6.93. The van der Waals surface area contributed by atoms with Gasteiger partial charge in [-0.3, -0.25) is 4.79 Å². The molecule has 0 radical (unpaired) electrons. The third-order valence-electron chi connectivity index (χ3n) is 2.21. The Morgan fingerprint density at radius 1 is 1.20 bits per heavy atom. The maximum Gasteiger partial charge on any atom is 0.146 e. The van der Waals surface area contributed by atoms with Crippen LogP contribution in [-0.4, -0.2) is 11.4 Å². The lowest BCUT2D eigenvalue weighted by Gasteiger charge is -2.18. The van der Waals surface area contributed by atoms with E-state index in [-0.39, 0.29) is 11.2 Å². The molecule has 1 N–H and O–H groups in total. The van der Waals surface area contributed by atoms with Crippen molar-refractivity contribution in [2.45, 2.75) is 20.8 Å². The second-order valence-electron chi connectivity index (χ2n) is 4.56. The van der Waals surface area contributed by atoms with E-state index in [1.54, 1.807) is 24.3 Å². The van der Waals surface area contributed by atoms with Gasteiger partial charge in [-0.05, 0) is 34.8 Å². The highest BCUT2D eigenvalue weighted by atomic mass is 16.3. The van der Waals surface area contributed by atoms with Crippen molar-refractivity contribution >= 4 is 12.4 Å². The van der Waals surface area contributed by atoms with Gasteiger partial charge in [0.15, 0.2) is 0 Å². The standard InChI is InChI=1S/C13H16O2/c1-13(2,3)11(9-14)8-10-4-6-12(15)7-5-10/h4-9,15H,1-3H3/b11-8+. The zero-order valence-electron chi connectivity index (χ0n) is 9.32. The van der Waals surface area contributed by atoms with Crippen LogP contribution >= 0.6 is 0 Å². The van der Waals surface area contributed by atoms with Gasteiger partial charge in [0.05, 0.1) is 0 Å². The van der Waals surface area contributed by atoms with Crippen LogP contribution in [0.15, 0.2) is 29.8 Å². The third kappa shape index (κ3) is 3.24. The number of rotatable bonds is 2. The van der Waals surface area contributed by atoms with Crippen molar-refractivity contribution in [1.82, 2.24) is 0 Å². The Morgan fingerprint density at radius 2 is 1.73 bits per heavy atom. The van der Waals surface area contributed by atoms with Crippen molar-refractivity contribution in [3.8, 4) is 5.75 Å². The Balaban J connectivity index is 3.04. The SMILES string of the molecule is CC(C)(C)/C(C=O)=C/c1ccc(O)cc1. The monoisotopic (exact) mass is 204 g/mol. The smallest absolute Gasteiger partial charge is 0.146 e. The molecule has 0 aliphatic carbocycles. The highest BCUT2D eigenvalue weighted by Gasteiger charge is 2.15. The van der Waals surface area contributed by atoms with E-state index in [4.69, 9.17) is 5.11 Å². The number of allylic oxidation sites excluding steroid dienone is 1. The highest BCUT2D eigenvalue weighted by molar-refractivity contribution is 5.83. The molecule has 0 spiro atoms. The number of hydrogen-bond acceptors (Lipinski definition) is 2. The Morgan fingerprint density at radius 3 is 2.13 bits per heavy atom. The van der Waals surface area contributed by atoms with Gasteiger partial charge in [-0.25, -0.2) is 0 Å². The van der Waals surface area contributed by atoms with E-state index >= 15 is 0 Å². The summed E-state index contributed by atoms with van der Waals surface area (Å²) in [6.07, 6.45) is 2.72. The number of aromatic hydroxyl groups is 1. The van der Waals surface area contributed by atoms with Gasteiger partial charge in [0.1, 0.15) is 12.0 Å². The fourth-order valence-corrected chi connectivity index (χ4v) is 1.18. The van der Waals surface area contributed by atoms with Crippen molar-refractivity contribution in [1.29, 1.82) is 0 Å². The molecule has 0 atom stereocenters. The van der Waals surface area contributed by atoms with Crippen LogP contribution in [0.4, 0.5) is 0 Å². The van der Waals surface area contributed by atoms with Gasteiger partial charge in [0.25, 0.3) is 0 Å². The number of carbonyl (C=O) groups excluding carboxylic acids is 1. The molecule has 0 amide bonds. The molecule has 0 saturated heterocycles. The minimum absolute atomic E-state index is 0.153. The molecule has 2 nitrogen and oxygen atoms in total. The molecular formula is C13H16O2. The van der Waals surface area contributed by atoms with Crippen molar-refractivity contribution in [2.24, 2.45) is 5.41 Å². The molecule has 0 aliphatic rings. The largest absolute Gasteiger partial charge is 0.508 e. The van der Waals surface area contributed by atoms with Crippen molar-refractivity contribution in [2.75, 3.05) is 0 Å². The lowest BCUT2D eigenvalue weighted by Crippen LogP contribution is -2.10. The van der Waals surface area contributed by atoms with Crippen LogP contribution < -0.4 is 0 Å². The molecule has 0 fully saturated rings. The summed E-state index contributed by atoms with van der Waals surface area (Å²) in [4.78, 5) is 10.9. The molecule has 1 rings (SSSR count). The zero-order valence-corrected chi connectivity index (χ0v) is 9.32. The summed E-state index contributed by atoms with van der Waals surface area (Å²) in [7, 11) is 0. The maximum absolute atomic E-state index is 10.9.